The van der Waals surface area contributed by atoms with E-state index >= 15 is 0 Å². The Bertz CT molecular complexity index is 1410. The molecule has 306 valence electrons. The van der Waals surface area contributed by atoms with Crippen LogP contribution in [0.2, 0.25) is 0 Å². The van der Waals surface area contributed by atoms with Gasteiger partial charge in [0, 0.05) is 69.5 Å². The number of aliphatic carboxylic acids is 1. The zero-order chi connectivity index (χ0) is 42.2. The molecule has 0 aliphatic rings. The highest BCUT2D eigenvalue weighted by atomic mass is 16.4. The van der Waals surface area contributed by atoms with Crippen LogP contribution in [-0.2, 0) is 47.9 Å². The third-order valence-corrected chi connectivity index (χ3v) is 8.45. The van der Waals surface area contributed by atoms with Crippen LogP contribution >= 0.6 is 0 Å². The van der Waals surface area contributed by atoms with Gasteiger partial charge in [0.15, 0.2) is 0 Å². The van der Waals surface area contributed by atoms with Gasteiger partial charge in [-0.1, -0.05) is 0 Å². The van der Waals surface area contributed by atoms with Crippen molar-refractivity contribution in [1.82, 2.24) is 49.0 Å². The van der Waals surface area contributed by atoms with E-state index in [1.165, 1.54) is 68.3 Å². The van der Waals surface area contributed by atoms with Crippen molar-refractivity contribution in [2.24, 2.45) is 0 Å². The van der Waals surface area contributed by atoms with Gasteiger partial charge in [-0.25, -0.2) is 0 Å². The summed E-state index contributed by atoms with van der Waals surface area (Å²) in [7, 11) is 14.0. The topological polar surface area (TPSA) is 223 Å². The fourth-order valence-electron chi connectivity index (χ4n) is 4.10. The molecule has 0 aliphatic carbocycles. The molecule has 0 aromatic heterocycles. The molecule has 21 heteroatoms. The molecule has 0 aromatic rings. The summed E-state index contributed by atoms with van der Waals surface area (Å²) in [6.45, 7) is 0.361. The highest BCUT2D eigenvalue weighted by Gasteiger charge is 2.26. The highest BCUT2D eigenvalue weighted by Crippen LogP contribution is 2.01. The fourth-order valence-corrected chi connectivity index (χ4v) is 4.10. The van der Waals surface area contributed by atoms with Crippen molar-refractivity contribution < 1.29 is 53.1 Å². The van der Waals surface area contributed by atoms with Gasteiger partial charge in [-0.2, -0.15) is 0 Å². The number of rotatable bonds is 21. The molecule has 0 aromatic carbocycles. The standard InChI is InChI=1S/C33H58N10O11/c1-23(2)34(3)13-24(44)35(4)14-25(45)36(5)15-26(46)37(6)16-27(47)38(7)17-28(48)39(8)18-29(49)40(9)19-30(50)41(10)20-31(51)42(11)21-32(52)43(12)22-33(53)54/h23H,13-22H2,1-12H3,(H,53,54). The summed E-state index contributed by atoms with van der Waals surface area (Å²) in [6.07, 6.45) is 0. The average Bonchev–Trinajstić information content (AvgIpc) is 3.06. The van der Waals surface area contributed by atoms with Crippen LogP contribution in [-0.4, -0.2) is 255 Å². The molecule has 0 radical (unpaired) electrons. The SMILES string of the molecule is CC(C)N(C)CC(=O)N(C)CC(=O)N(C)CC(=O)N(C)CC(=O)N(C)CC(=O)N(C)CC(=O)N(C)CC(=O)N(C)CC(=O)N(C)CC(=O)N(C)CC(=O)O. The van der Waals surface area contributed by atoms with Crippen molar-refractivity contribution in [2.75, 3.05) is 136 Å². The maximum absolute atomic E-state index is 12.8. The molecule has 9 amide bonds. The normalized spacial score (nSPS) is 10.6. The van der Waals surface area contributed by atoms with Crippen LogP contribution < -0.4 is 0 Å². The predicted molar refractivity (Wildman–Crippen MR) is 194 cm³/mol. The Labute approximate surface area is 316 Å². The number of carboxylic acids is 1. The molecule has 0 unspecified atom stereocenters. The number of likely N-dealkylation sites (N-methyl/N-ethyl adjacent to an activating group) is 10. The van der Waals surface area contributed by atoms with Crippen LogP contribution in [0.25, 0.3) is 0 Å². The smallest absolute Gasteiger partial charge is 0.323 e. The molecule has 0 aliphatic heterocycles. The van der Waals surface area contributed by atoms with Gasteiger partial charge in [-0.15, -0.1) is 0 Å². The van der Waals surface area contributed by atoms with E-state index in [2.05, 4.69) is 0 Å². The van der Waals surface area contributed by atoms with Crippen LogP contribution in [0.3, 0.4) is 0 Å². The Kier molecular flexibility index (Phi) is 20.4. The quantitative estimate of drug-likeness (QED) is 0.117. The lowest BCUT2D eigenvalue weighted by molar-refractivity contribution is -0.147. The Hall–Kier alpha value is -5.34. The maximum atomic E-state index is 12.8. The maximum Gasteiger partial charge on any atom is 0.323 e. The number of carboxylic acid groups (broad SMARTS) is 1. The first kappa shape index (κ1) is 48.7. The number of hydrogen-bond donors (Lipinski definition) is 1. The fraction of sp³-hybridized carbons (Fsp3) is 0.697. The van der Waals surface area contributed by atoms with Crippen LogP contribution in [0, 0.1) is 0 Å². The summed E-state index contributed by atoms with van der Waals surface area (Å²) in [6, 6.07) is 0.139. The lowest BCUT2D eigenvalue weighted by Crippen LogP contribution is -2.49. The second-order valence-corrected chi connectivity index (χ2v) is 13.7. The van der Waals surface area contributed by atoms with Crippen molar-refractivity contribution in [2.45, 2.75) is 19.9 Å². The zero-order valence-corrected chi connectivity index (χ0v) is 33.7. The Morgan fingerprint density at radius 2 is 0.463 bits per heavy atom. The molecule has 0 saturated heterocycles. The van der Waals surface area contributed by atoms with E-state index in [4.69, 9.17) is 5.11 Å². The molecule has 54 heavy (non-hydrogen) atoms. The minimum atomic E-state index is -1.21. The lowest BCUT2D eigenvalue weighted by atomic mass is 10.3. The first-order valence-corrected chi connectivity index (χ1v) is 16.9. The van der Waals surface area contributed by atoms with Crippen LogP contribution in [0.1, 0.15) is 13.8 Å². The number of hydrogen-bond acceptors (Lipinski definition) is 11. The minimum absolute atomic E-state index is 0.128. The molecule has 0 fully saturated rings. The first-order valence-electron chi connectivity index (χ1n) is 16.9. The second-order valence-electron chi connectivity index (χ2n) is 13.7. The predicted octanol–water partition coefficient (Wildman–Crippen LogP) is -4.46. The van der Waals surface area contributed by atoms with E-state index in [1.54, 1.807) is 7.05 Å². The van der Waals surface area contributed by atoms with Gasteiger partial charge >= 0.3 is 5.97 Å². The van der Waals surface area contributed by atoms with Crippen LogP contribution in [0.5, 0.6) is 0 Å². The third-order valence-electron chi connectivity index (χ3n) is 8.45. The van der Waals surface area contributed by atoms with E-state index in [1.807, 2.05) is 18.7 Å². The van der Waals surface area contributed by atoms with E-state index < -0.39 is 99.0 Å². The van der Waals surface area contributed by atoms with E-state index in [9.17, 15) is 47.9 Å². The van der Waals surface area contributed by atoms with Gasteiger partial charge in [0.2, 0.25) is 53.2 Å². The summed E-state index contributed by atoms with van der Waals surface area (Å²) in [5.74, 6) is -6.12. The van der Waals surface area contributed by atoms with Crippen molar-refractivity contribution >= 4 is 59.1 Å². The summed E-state index contributed by atoms with van der Waals surface area (Å²) >= 11 is 0. The summed E-state index contributed by atoms with van der Waals surface area (Å²) < 4.78 is 0. The van der Waals surface area contributed by atoms with E-state index in [0.717, 1.165) is 39.2 Å². The Morgan fingerprint density at radius 1 is 0.315 bits per heavy atom. The lowest BCUT2D eigenvalue weighted by Gasteiger charge is -2.27. The van der Waals surface area contributed by atoms with Crippen molar-refractivity contribution in [3.8, 4) is 0 Å². The van der Waals surface area contributed by atoms with Crippen LogP contribution in [0.4, 0.5) is 0 Å². The van der Waals surface area contributed by atoms with Crippen molar-refractivity contribution in [1.29, 1.82) is 0 Å². The molecule has 0 atom stereocenters. The van der Waals surface area contributed by atoms with E-state index in [-0.39, 0.29) is 31.6 Å². The first-order chi connectivity index (χ1) is 24.8. The van der Waals surface area contributed by atoms with Gasteiger partial charge in [0.1, 0.15) is 6.54 Å². The molecule has 1 N–H and O–H groups in total. The van der Waals surface area contributed by atoms with Crippen LogP contribution in [0.15, 0.2) is 0 Å². The molecule has 0 heterocycles. The Morgan fingerprint density at radius 3 is 0.611 bits per heavy atom. The van der Waals surface area contributed by atoms with Gasteiger partial charge in [0.05, 0.1) is 58.9 Å². The highest BCUT2D eigenvalue weighted by molar-refractivity contribution is 5.93. The number of carbonyl (C=O) groups is 10. The van der Waals surface area contributed by atoms with Gasteiger partial charge < -0.3 is 49.2 Å². The minimum Gasteiger partial charge on any atom is -0.480 e. The van der Waals surface area contributed by atoms with Crippen molar-refractivity contribution in [3.63, 3.8) is 0 Å². The molecule has 0 bridgehead atoms. The molecular weight excluding hydrogens is 712 g/mol. The summed E-state index contributed by atoms with van der Waals surface area (Å²) in [5.41, 5.74) is 0. The third kappa shape index (κ3) is 17.5. The van der Waals surface area contributed by atoms with Gasteiger partial charge in [-0.05, 0) is 20.9 Å². The monoisotopic (exact) mass is 770 g/mol. The number of carbonyl (C=O) groups excluding carboxylic acids is 9. The van der Waals surface area contributed by atoms with Gasteiger partial charge in [-0.3, -0.25) is 52.8 Å². The second kappa shape index (κ2) is 22.7. The molecule has 0 spiro atoms. The number of nitrogens with zero attached hydrogens (tertiary/aromatic N) is 10. The average molecular weight is 771 g/mol. The van der Waals surface area contributed by atoms with Gasteiger partial charge in [0.25, 0.3) is 0 Å². The largest absolute Gasteiger partial charge is 0.480 e. The Balaban J connectivity index is 4.86. The molecule has 21 nitrogen and oxygen atoms in total. The zero-order valence-electron chi connectivity index (χ0n) is 33.7. The number of amides is 9. The molecular formula is C33H58N10O11. The molecule has 0 rings (SSSR count). The molecule has 0 saturated carbocycles. The summed E-state index contributed by atoms with van der Waals surface area (Å²) in [5, 5.41) is 8.81. The van der Waals surface area contributed by atoms with E-state index in [0.29, 0.717) is 0 Å². The van der Waals surface area contributed by atoms with Crippen molar-refractivity contribution in [3.05, 3.63) is 0 Å². The summed E-state index contributed by atoms with van der Waals surface area (Å²) in [4.78, 5) is 136.